The average Bonchev–Trinajstić information content (AvgIpc) is 3.44. The predicted molar refractivity (Wildman–Crippen MR) is 150 cm³/mol. The van der Waals surface area contributed by atoms with E-state index in [-0.39, 0.29) is 17.2 Å². The summed E-state index contributed by atoms with van der Waals surface area (Å²) in [7, 11) is -0.301. The lowest BCUT2D eigenvalue weighted by Gasteiger charge is -2.15. The van der Waals surface area contributed by atoms with Gasteiger partial charge in [-0.25, -0.2) is 17.9 Å². The van der Waals surface area contributed by atoms with Crippen molar-refractivity contribution in [1.82, 2.24) is 23.5 Å². The van der Waals surface area contributed by atoms with Crippen LogP contribution in [0.25, 0.3) is 16.8 Å². The fourth-order valence-electron chi connectivity index (χ4n) is 3.94. The maximum atomic E-state index is 14.5. The Hall–Kier alpha value is -3.29. The number of thioether (sulfide) groups is 1. The molecule has 0 fully saturated rings. The molecule has 38 heavy (non-hydrogen) atoms. The zero-order valence-electron chi connectivity index (χ0n) is 20.3. The van der Waals surface area contributed by atoms with Gasteiger partial charge < -0.3 is 9.12 Å². The first-order chi connectivity index (χ1) is 18.2. The van der Waals surface area contributed by atoms with Crippen molar-refractivity contribution in [2.45, 2.75) is 11.7 Å². The Labute approximate surface area is 227 Å². The lowest BCUT2D eigenvalue weighted by Crippen LogP contribution is -2.27. The number of amides is 1. The SMILES string of the molecule is CN(C)S(=O)(O)=C1C=CC(=NC(=O)CSc2nnc3n(Cc4c(F)cccc4Cl)c4ccccc4n23)C=C1. The van der Waals surface area contributed by atoms with Gasteiger partial charge in [0, 0.05) is 24.7 Å². The molecule has 0 bridgehead atoms. The van der Waals surface area contributed by atoms with Crippen molar-refractivity contribution in [3.63, 3.8) is 0 Å². The molecule has 0 saturated heterocycles. The van der Waals surface area contributed by atoms with Gasteiger partial charge in [-0.3, -0.25) is 9.20 Å². The van der Waals surface area contributed by atoms with Gasteiger partial charge in [0.25, 0.3) is 5.91 Å². The highest BCUT2D eigenvalue weighted by molar-refractivity contribution is 7.99. The van der Waals surface area contributed by atoms with Crippen molar-refractivity contribution in [3.05, 3.63) is 83.2 Å². The summed E-state index contributed by atoms with van der Waals surface area (Å²) in [4.78, 5) is 16.9. The number of allylic oxidation sites excluding steroid dienone is 4. The Bertz CT molecular complexity index is 1760. The second-order valence-electron chi connectivity index (χ2n) is 8.49. The highest BCUT2D eigenvalue weighted by Gasteiger charge is 2.20. The lowest BCUT2D eigenvalue weighted by molar-refractivity contribution is -0.115. The van der Waals surface area contributed by atoms with Gasteiger partial charge in [-0.2, -0.15) is 0 Å². The predicted octanol–water partition coefficient (Wildman–Crippen LogP) is 4.12. The summed E-state index contributed by atoms with van der Waals surface area (Å²) in [5.41, 5.74) is 2.33. The van der Waals surface area contributed by atoms with Gasteiger partial charge in [-0.15, -0.1) is 10.2 Å². The van der Waals surface area contributed by atoms with Gasteiger partial charge in [-0.05, 0) is 48.6 Å². The molecule has 1 atom stereocenters. The van der Waals surface area contributed by atoms with Gasteiger partial charge in [0.05, 0.1) is 33.9 Å². The Morgan fingerprint density at radius 2 is 1.82 bits per heavy atom. The quantitative estimate of drug-likeness (QED) is 0.275. The molecule has 0 spiro atoms. The molecule has 9 nitrogen and oxygen atoms in total. The Morgan fingerprint density at radius 3 is 2.50 bits per heavy atom. The monoisotopic (exact) mass is 572 g/mol. The van der Waals surface area contributed by atoms with Crippen LogP contribution in [0.15, 0.2) is 76.9 Å². The summed E-state index contributed by atoms with van der Waals surface area (Å²) < 4.78 is 41.8. The molecule has 1 aliphatic carbocycles. The smallest absolute Gasteiger partial charge is 0.256 e. The van der Waals surface area contributed by atoms with Gasteiger partial charge in [0.2, 0.25) is 5.78 Å². The number of para-hydroxylation sites is 2. The van der Waals surface area contributed by atoms with E-state index < -0.39 is 21.7 Å². The van der Waals surface area contributed by atoms with Crippen molar-refractivity contribution >= 4 is 66.6 Å². The van der Waals surface area contributed by atoms with Crippen LogP contribution in [0.5, 0.6) is 0 Å². The van der Waals surface area contributed by atoms with E-state index in [1.54, 1.807) is 12.1 Å². The molecule has 1 unspecified atom stereocenters. The minimum atomic E-state index is -3.32. The number of aromatic nitrogens is 4. The third-order valence-electron chi connectivity index (χ3n) is 5.87. The number of halogens is 2. The fourth-order valence-corrected chi connectivity index (χ4v) is 5.80. The first-order valence-corrected chi connectivity index (χ1v) is 14.2. The van der Waals surface area contributed by atoms with E-state index in [1.165, 1.54) is 60.5 Å². The van der Waals surface area contributed by atoms with Crippen molar-refractivity contribution in [3.8, 4) is 0 Å². The minimum Gasteiger partial charge on any atom is -0.304 e. The third kappa shape index (κ3) is 4.93. The van der Waals surface area contributed by atoms with Gasteiger partial charge in [0.1, 0.15) is 5.82 Å². The summed E-state index contributed by atoms with van der Waals surface area (Å²) in [6, 6.07) is 12.1. The largest absolute Gasteiger partial charge is 0.304 e. The second kappa shape index (κ2) is 10.5. The van der Waals surface area contributed by atoms with Crippen LogP contribution in [0.4, 0.5) is 4.39 Å². The molecule has 0 radical (unpaired) electrons. The van der Waals surface area contributed by atoms with Crippen molar-refractivity contribution < 1.29 is 17.9 Å². The maximum Gasteiger partial charge on any atom is 0.256 e. The number of rotatable bonds is 6. The average molecular weight is 573 g/mol. The molecule has 5 rings (SSSR count). The van der Waals surface area contributed by atoms with Crippen LogP contribution < -0.4 is 0 Å². The minimum absolute atomic E-state index is 0.00433. The van der Waals surface area contributed by atoms with Gasteiger partial charge in [0.15, 0.2) is 15.1 Å². The van der Waals surface area contributed by atoms with Crippen LogP contribution in [-0.4, -0.2) is 68.6 Å². The maximum absolute atomic E-state index is 14.5. The van der Waals surface area contributed by atoms with E-state index in [9.17, 15) is 17.9 Å². The molecular formula is C25H22ClFN6O3S2. The van der Waals surface area contributed by atoms with E-state index >= 15 is 0 Å². The Kier molecular flexibility index (Phi) is 7.25. The normalized spacial score (nSPS) is 15.1. The van der Waals surface area contributed by atoms with Crippen molar-refractivity contribution in [1.29, 1.82) is 0 Å². The van der Waals surface area contributed by atoms with Crippen molar-refractivity contribution in [2.75, 3.05) is 19.8 Å². The molecule has 1 amide bonds. The number of fused-ring (bicyclic) bond motifs is 3. The highest BCUT2D eigenvalue weighted by atomic mass is 35.5. The summed E-state index contributed by atoms with van der Waals surface area (Å²) in [6.07, 6.45) is 5.99. The zero-order valence-corrected chi connectivity index (χ0v) is 22.7. The number of aliphatic imine (C=N–C) groups is 1. The first-order valence-electron chi connectivity index (χ1n) is 11.3. The second-order valence-corrected chi connectivity index (χ2v) is 12.0. The van der Waals surface area contributed by atoms with Crippen LogP contribution in [-0.2, 0) is 21.3 Å². The molecule has 0 saturated carbocycles. The van der Waals surface area contributed by atoms with Crippen LogP contribution in [0, 0.1) is 5.82 Å². The fraction of sp³-hybridized carbons (Fsp3) is 0.160. The van der Waals surface area contributed by atoms with Crippen LogP contribution in [0.1, 0.15) is 5.56 Å². The van der Waals surface area contributed by atoms with E-state index in [1.807, 2.05) is 33.2 Å². The number of carbonyl (C=O) groups excluding carboxylic acids is 1. The van der Waals surface area contributed by atoms with E-state index in [0.717, 1.165) is 11.0 Å². The first kappa shape index (κ1) is 26.3. The molecule has 196 valence electrons. The van der Waals surface area contributed by atoms with Gasteiger partial charge in [-0.1, -0.05) is 41.6 Å². The number of imidazole rings is 1. The van der Waals surface area contributed by atoms with E-state index in [2.05, 4.69) is 15.2 Å². The molecule has 1 aliphatic rings. The Balaban J connectivity index is 1.40. The zero-order chi connectivity index (χ0) is 27.0. The number of benzene rings is 2. The van der Waals surface area contributed by atoms with Crippen molar-refractivity contribution in [2.24, 2.45) is 4.99 Å². The van der Waals surface area contributed by atoms with E-state index in [0.29, 0.717) is 27.2 Å². The molecule has 2 aromatic carbocycles. The lowest BCUT2D eigenvalue weighted by atomic mass is 10.2. The van der Waals surface area contributed by atoms with Crippen LogP contribution in [0.2, 0.25) is 5.02 Å². The third-order valence-corrected chi connectivity index (χ3v) is 9.01. The highest BCUT2D eigenvalue weighted by Crippen LogP contribution is 2.28. The summed E-state index contributed by atoms with van der Waals surface area (Å²) in [6.45, 7) is 0.156. The molecule has 13 heteroatoms. The molecule has 2 heterocycles. The van der Waals surface area contributed by atoms with Gasteiger partial charge >= 0.3 is 0 Å². The summed E-state index contributed by atoms with van der Waals surface area (Å²) in [5.74, 6) is -0.332. The number of hydrogen-bond acceptors (Lipinski definition) is 5. The topological polar surface area (TPSA) is 105 Å². The summed E-state index contributed by atoms with van der Waals surface area (Å²) in [5, 5.41) is 9.37. The van der Waals surface area contributed by atoms with Crippen LogP contribution >= 0.6 is 23.4 Å². The Morgan fingerprint density at radius 1 is 1.11 bits per heavy atom. The standard InChI is InChI=1S/C25H22ClFN6O3S2/c1-31(2)38(35,36)17-12-10-16(11-13-17)28-23(34)15-37-25-30-29-24-32(14-18-19(26)6-5-7-20(18)27)21-8-3-4-9-22(21)33(24)25/h3-13H,14-15H2,1-2H3,(H,35,36). The molecule has 1 N–H and O–H groups in total. The molecule has 0 aliphatic heterocycles. The number of nitrogens with zero attached hydrogens (tertiary/aromatic N) is 6. The number of hydrogen-bond donors (Lipinski definition) is 1. The van der Waals surface area contributed by atoms with Crippen LogP contribution in [0.3, 0.4) is 0 Å². The molecule has 4 aromatic rings. The molecular weight excluding hydrogens is 551 g/mol. The van der Waals surface area contributed by atoms with E-state index in [4.69, 9.17) is 11.6 Å². The molecule has 2 aromatic heterocycles. The number of carbonyl (C=O) groups is 1. The summed E-state index contributed by atoms with van der Waals surface area (Å²) >= 11 is 7.45.